The van der Waals surface area contributed by atoms with Gasteiger partial charge in [0.2, 0.25) is 10.0 Å². The number of hydrogen-bond donors (Lipinski definition) is 1. The third kappa shape index (κ3) is 5.62. The van der Waals surface area contributed by atoms with Gasteiger partial charge in [0, 0.05) is 25.2 Å². The SMILES string of the molecule is CCCS(=O)(=O)NCc1ccc(C(=O)N2CCCCCC2)cc1. The fraction of sp³-hybridized carbons (Fsp3) is 0.588. The standard InChI is InChI=1S/C17H26N2O3S/c1-2-13-23(21,22)18-14-15-7-9-16(10-8-15)17(20)19-11-5-3-4-6-12-19/h7-10,18H,2-6,11-14H2,1H3. The molecular formula is C17H26N2O3S. The summed E-state index contributed by atoms with van der Waals surface area (Å²) in [6.07, 6.45) is 5.13. The van der Waals surface area contributed by atoms with Crippen LogP contribution in [0.2, 0.25) is 0 Å². The number of carbonyl (C=O) groups excluding carboxylic acids is 1. The second-order valence-electron chi connectivity index (χ2n) is 6.04. The van der Waals surface area contributed by atoms with Crippen LogP contribution in [0.25, 0.3) is 0 Å². The molecule has 0 aliphatic carbocycles. The summed E-state index contributed by atoms with van der Waals surface area (Å²) >= 11 is 0. The molecular weight excluding hydrogens is 312 g/mol. The van der Waals surface area contributed by atoms with Crippen LogP contribution in [0, 0.1) is 0 Å². The summed E-state index contributed by atoms with van der Waals surface area (Å²) in [7, 11) is -3.20. The first-order valence-electron chi connectivity index (χ1n) is 8.37. The summed E-state index contributed by atoms with van der Waals surface area (Å²) in [6, 6.07) is 7.21. The highest BCUT2D eigenvalue weighted by atomic mass is 32.2. The van der Waals surface area contributed by atoms with Crippen LogP contribution in [0.5, 0.6) is 0 Å². The quantitative estimate of drug-likeness (QED) is 0.867. The molecule has 6 heteroatoms. The Morgan fingerprint density at radius 1 is 1.09 bits per heavy atom. The molecule has 0 saturated carbocycles. The van der Waals surface area contributed by atoms with Crippen LogP contribution >= 0.6 is 0 Å². The highest BCUT2D eigenvalue weighted by Crippen LogP contribution is 2.14. The van der Waals surface area contributed by atoms with Gasteiger partial charge in [-0.15, -0.1) is 0 Å². The fourth-order valence-electron chi connectivity index (χ4n) is 2.76. The lowest BCUT2D eigenvalue weighted by Crippen LogP contribution is -2.31. The van der Waals surface area contributed by atoms with Gasteiger partial charge in [-0.1, -0.05) is 31.9 Å². The Balaban J connectivity index is 1.94. The monoisotopic (exact) mass is 338 g/mol. The maximum absolute atomic E-state index is 12.5. The van der Waals surface area contributed by atoms with E-state index in [2.05, 4.69) is 4.72 Å². The minimum Gasteiger partial charge on any atom is -0.339 e. The Hall–Kier alpha value is -1.40. The fourth-order valence-corrected chi connectivity index (χ4v) is 3.82. The molecule has 1 amide bonds. The summed E-state index contributed by atoms with van der Waals surface area (Å²) in [5, 5.41) is 0. The van der Waals surface area contributed by atoms with Gasteiger partial charge in [-0.25, -0.2) is 13.1 Å². The molecule has 1 N–H and O–H groups in total. The van der Waals surface area contributed by atoms with E-state index in [1.54, 1.807) is 12.1 Å². The predicted octanol–water partition coefficient (Wildman–Crippen LogP) is 2.53. The number of amides is 1. The van der Waals surface area contributed by atoms with Crippen molar-refractivity contribution in [2.75, 3.05) is 18.8 Å². The van der Waals surface area contributed by atoms with E-state index >= 15 is 0 Å². The number of nitrogens with zero attached hydrogens (tertiary/aromatic N) is 1. The van der Waals surface area contributed by atoms with Crippen molar-refractivity contribution in [3.8, 4) is 0 Å². The zero-order valence-corrected chi connectivity index (χ0v) is 14.6. The summed E-state index contributed by atoms with van der Waals surface area (Å²) in [4.78, 5) is 14.4. The Labute approximate surface area is 139 Å². The third-order valence-corrected chi connectivity index (χ3v) is 5.59. The van der Waals surface area contributed by atoms with Crippen LogP contribution in [0.1, 0.15) is 54.9 Å². The summed E-state index contributed by atoms with van der Waals surface area (Å²) in [5.41, 5.74) is 1.53. The number of carbonyl (C=O) groups is 1. The van der Waals surface area contributed by atoms with E-state index in [4.69, 9.17) is 0 Å². The molecule has 0 spiro atoms. The maximum Gasteiger partial charge on any atom is 0.253 e. The normalized spacial score (nSPS) is 16.1. The molecule has 0 unspecified atom stereocenters. The highest BCUT2D eigenvalue weighted by Gasteiger charge is 2.17. The van der Waals surface area contributed by atoms with Crippen LogP contribution in [0.4, 0.5) is 0 Å². The van der Waals surface area contributed by atoms with E-state index in [-0.39, 0.29) is 18.2 Å². The Morgan fingerprint density at radius 2 is 1.70 bits per heavy atom. The summed E-state index contributed by atoms with van der Waals surface area (Å²) in [5.74, 6) is 0.212. The lowest BCUT2D eigenvalue weighted by atomic mass is 10.1. The van der Waals surface area contributed by atoms with Gasteiger partial charge in [0.1, 0.15) is 0 Å². The van der Waals surface area contributed by atoms with E-state index < -0.39 is 10.0 Å². The summed E-state index contributed by atoms with van der Waals surface area (Å²) < 4.78 is 25.9. The molecule has 1 heterocycles. The van der Waals surface area contributed by atoms with Gasteiger partial charge in [0.25, 0.3) is 5.91 Å². The molecule has 5 nitrogen and oxygen atoms in total. The van der Waals surface area contributed by atoms with Gasteiger partial charge in [-0.2, -0.15) is 0 Å². The molecule has 1 aliphatic rings. The lowest BCUT2D eigenvalue weighted by Gasteiger charge is -2.20. The van der Waals surface area contributed by atoms with E-state index in [1.165, 1.54) is 12.8 Å². The van der Waals surface area contributed by atoms with Crippen LogP contribution < -0.4 is 4.72 Å². The predicted molar refractivity (Wildman–Crippen MR) is 91.7 cm³/mol. The van der Waals surface area contributed by atoms with Crippen molar-refractivity contribution in [1.82, 2.24) is 9.62 Å². The van der Waals surface area contributed by atoms with Crippen LogP contribution in [0.15, 0.2) is 24.3 Å². The minimum atomic E-state index is -3.20. The lowest BCUT2D eigenvalue weighted by molar-refractivity contribution is 0.0761. The number of benzene rings is 1. The molecule has 0 radical (unpaired) electrons. The molecule has 1 aromatic carbocycles. The van der Waals surface area contributed by atoms with Crippen molar-refractivity contribution in [2.24, 2.45) is 0 Å². The number of likely N-dealkylation sites (tertiary alicyclic amines) is 1. The van der Waals surface area contributed by atoms with Crippen molar-refractivity contribution in [2.45, 2.75) is 45.6 Å². The first-order valence-corrected chi connectivity index (χ1v) is 10.0. The molecule has 0 atom stereocenters. The van der Waals surface area contributed by atoms with Gasteiger partial charge in [0.05, 0.1) is 5.75 Å². The molecule has 1 fully saturated rings. The molecule has 1 aromatic rings. The third-order valence-electron chi connectivity index (χ3n) is 4.06. The Bertz CT molecular complexity index is 603. The van der Waals surface area contributed by atoms with Gasteiger partial charge < -0.3 is 4.90 Å². The smallest absolute Gasteiger partial charge is 0.253 e. The molecule has 0 bridgehead atoms. The van der Waals surface area contributed by atoms with Crippen LogP contribution in [-0.4, -0.2) is 38.1 Å². The van der Waals surface area contributed by atoms with Crippen molar-refractivity contribution < 1.29 is 13.2 Å². The zero-order chi connectivity index (χ0) is 16.7. The Kier molecular flexibility index (Phi) is 6.59. The molecule has 2 rings (SSSR count). The van der Waals surface area contributed by atoms with Gasteiger partial charge >= 0.3 is 0 Å². The van der Waals surface area contributed by atoms with Crippen molar-refractivity contribution >= 4 is 15.9 Å². The first kappa shape index (κ1) is 17.9. The first-order chi connectivity index (χ1) is 11.0. The van der Waals surface area contributed by atoms with E-state index in [0.29, 0.717) is 12.0 Å². The highest BCUT2D eigenvalue weighted by molar-refractivity contribution is 7.89. The largest absolute Gasteiger partial charge is 0.339 e. The van der Waals surface area contributed by atoms with Crippen LogP contribution in [-0.2, 0) is 16.6 Å². The average molecular weight is 338 g/mol. The van der Waals surface area contributed by atoms with Gasteiger partial charge in [0.15, 0.2) is 0 Å². The van der Waals surface area contributed by atoms with Gasteiger partial charge in [-0.05, 0) is 37.0 Å². The average Bonchev–Trinajstić information content (AvgIpc) is 2.82. The van der Waals surface area contributed by atoms with E-state index in [0.717, 1.165) is 31.5 Å². The molecule has 1 aliphatic heterocycles. The van der Waals surface area contributed by atoms with Gasteiger partial charge in [-0.3, -0.25) is 4.79 Å². The van der Waals surface area contributed by atoms with Crippen molar-refractivity contribution in [3.63, 3.8) is 0 Å². The number of sulfonamides is 1. The molecule has 1 saturated heterocycles. The maximum atomic E-state index is 12.5. The minimum absolute atomic E-state index is 0.0741. The Morgan fingerprint density at radius 3 is 2.26 bits per heavy atom. The molecule has 23 heavy (non-hydrogen) atoms. The second-order valence-corrected chi connectivity index (χ2v) is 7.97. The van der Waals surface area contributed by atoms with E-state index in [9.17, 15) is 13.2 Å². The summed E-state index contributed by atoms with van der Waals surface area (Å²) in [6.45, 7) is 3.76. The number of hydrogen-bond acceptors (Lipinski definition) is 3. The number of nitrogens with one attached hydrogen (secondary N) is 1. The topological polar surface area (TPSA) is 66.5 Å². The zero-order valence-electron chi connectivity index (χ0n) is 13.8. The molecule has 128 valence electrons. The number of rotatable bonds is 6. The second kappa shape index (κ2) is 8.45. The van der Waals surface area contributed by atoms with E-state index in [1.807, 2.05) is 24.0 Å². The van der Waals surface area contributed by atoms with Crippen molar-refractivity contribution in [3.05, 3.63) is 35.4 Å². The van der Waals surface area contributed by atoms with Crippen LogP contribution in [0.3, 0.4) is 0 Å². The van der Waals surface area contributed by atoms with Crippen molar-refractivity contribution in [1.29, 1.82) is 0 Å². The molecule has 0 aromatic heterocycles.